The van der Waals surface area contributed by atoms with Crippen molar-refractivity contribution in [3.05, 3.63) is 67.3 Å². The van der Waals surface area contributed by atoms with Crippen molar-refractivity contribution in [3.63, 3.8) is 0 Å². The molecule has 2 unspecified atom stereocenters. The first-order valence-corrected chi connectivity index (χ1v) is 12.5. The van der Waals surface area contributed by atoms with Gasteiger partial charge in [-0.1, -0.05) is 105 Å². The molecule has 1 aromatic rings. The number of hydrogen-bond donors (Lipinski definition) is 0. The standard InChI is InChI=1S/C24H34F2.2C2H6.C2H4/c1-6-9-18(3)16-20(7-2)22-11-8-10-21(17-22)19(4)23(5)12-14-24(25,26)15-13-23;3*1-2/h7-8,10-11,16-19H,2,6,9,12-15H2,1,3-5H3;2*1-2H3;1-2H2/b20-16+;;;. The lowest BCUT2D eigenvalue weighted by atomic mass is 9.65. The van der Waals surface area contributed by atoms with E-state index >= 15 is 0 Å². The van der Waals surface area contributed by atoms with Crippen LogP contribution in [0.15, 0.2) is 56.2 Å². The molecule has 184 valence electrons. The molecule has 1 aromatic carbocycles. The average Bonchev–Trinajstić information content (AvgIpc) is 2.83. The maximum Gasteiger partial charge on any atom is 0.248 e. The molecule has 2 heteroatoms. The van der Waals surface area contributed by atoms with Gasteiger partial charge in [0, 0.05) is 12.8 Å². The van der Waals surface area contributed by atoms with Crippen molar-refractivity contribution in [2.75, 3.05) is 0 Å². The molecule has 1 saturated carbocycles. The molecule has 0 aliphatic heterocycles. The molecule has 0 spiro atoms. The predicted molar refractivity (Wildman–Crippen MR) is 143 cm³/mol. The van der Waals surface area contributed by atoms with E-state index in [0.717, 1.165) is 0 Å². The first-order chi connectivity index (χ1) is 15.2. The zero-order valence-corrected chi connectivity index (χ0v) is 22.2. The van der Waals surface area contributed by atoms with Crippen LogP contribution in [0.4, 0.5) is 8.78 Å². The van der Waals surface area contributed by atoms with Crippen LogP contribution in [0.5, 0.6) is 0 Å². The Kier molecular flexibility index (Phi) is 17.1. The van der Waals surface area contributed by atoms with Gasteiger partial charge in [-0.25, -0.2) is 8.78 Å². The lowest BCUT2D eigenvalue weighted by Gasteiger charge is -2.42. The van der Waals surface area contributed by atoms with E-state index in [1.54, 1.807) is 0 Å². The summed E-state index contributed by atoms with van der Waals surface area (Å²) in [7, 11) is 0. The summed E-state index contributed by atoms with van der Waals surface area (Å²) in [5, 5.41) is 0. The summed E-state index contributed by atoms with van der Waals surface area (Å²) >= 11 is 0. The fourth-order valence-electron chi connectivity index (χ4n) is 4.14. The number of rotatable bonds is 7. The molecule has 0 radical (unpaired) electrons. The van der Waals surface area contributed by atoms with E-state index < -0.39 is 5.92 Å². The van der Waals surface area contributed by atoms with E-state index in [4.69, 9.17) is 0 Å². The topological polar surface area (TPSA) is 0 Å². The Morgan fingerprint density at radius 1 is 1.03 bits per heavy atom. The third-order valence-corrected chi connectivity index (χ3v) is 6.32. The first kappa shape index (κ1) is 32.5. The SMILES string of the molecule is C=C.C=C/C(=C\C(C)CCC)c1cccc(C(C)C2(C)CCC(F)(F)CC2)c1.CC.CC. The third kappa shape index (κ3) is 10.3. The molecule has 0 amide bonds. The summed E-state index contributed by atoms with van der Waals surface area (Å²) in [6.45, 7) is 26.8. The summed E-state index contributed by atoms with van der Waals surface area (Å²) in [6.07, 6.45) is 7.76. The van der Waals surface area contributed by atoms with Gasteiger partial charge in [-0.15, -0.1) is 13.2 Å². The quantitative estimate of drug-likeness (QED) is 0.287. The van der Waals surface area contributed by atoms with Crippen molar-refractivity contribution in [1.82, 2.24) is 0 Å². The normalized spacial score (nSPS) is 18.2. The zero-order valence-electron chi connectivity index (χ0n) is 22.2. The van der Waals surface area contributed by atoms with Gasteiger partial charge in [-0.2, -0.15) is 0 Å². The lowest BCUT2D eigenvalue weighted by molar-refractivity contribution is -0.0678. The average molecular weight is 449 g/mol. The van der Waals surface area contributed by atoms with Gasteiger partial charge in [0.1, 0.15) is 0 Å². The Balaban J connectivity index is 0. The molecule has 0 saturated heterocycles. The van der Waals surface area contributed by atoms with Crippen LogP contribution in [0, 0.1) is 11.3 Å². The second kappa shape index (κ2) is 16.9. The monoisotopic (exact) mass is 448 g/mol. The Morgan fingerprint density at radius 2 is 1.56 bits per heavy atom. The van der Waals surface area contributed by atoms with Crippen molar-refractivity contribution < 1.29 is 8.78 Å². The van der Waals surface area contributed by atoms with E-state index in [2.05, 4.69) is 77.8 Å². The van der Waals surface area contributed by atoms with Crippen LogP contribution >= 0.6 is 0 Å². The highest BCUT2D eigenvalue weighted by Gasteiger charge is 2.43. The highest BCUT2D eigenvalue weighted by atomic mass is 19.3. The van der Waals surface area contributed by atoms with Gasteiger partial charge in [0.15, 0.2) is 0 Å². The molecular formula is C30H50F2. The van der Waals surface area contributed by atoms with E-state index in [1.807, 2.05) is 33.8 Å². The summed E-state index contributed by atoms with van der Waals surface area (Å²) in [5.74, 6) is -1.69. The summed E-state index contributed by atoms with van der Waals surface area (Å²) in [4.78, 5) is 0. The van der Waals surface area contributed by atoms with Crippen LogP contribution in [0.25, 0.3) is 5.57 Å². The number of hydrogen-bond acceptors (Lipinski definition) is 0. The summed E-state index contributed by atoms with van der Waals surface area (Å²) in [6, 6.07) is 8.58. The summed E-state index contributed by atoms with van der Waals surface area (Å²) < 4.78 is 27.2. The maximum atomic E-state index is 13.6. The van der Waals surface area contributed by atoms with Gasteiger partial charge < -0.3 is 0 Å². The predicted octanol–water partition coefficient (Wildman–Crippen LogP) is 10.9. The van der Waals surface area contributed by atoms with Crippen LogP contribution in [0.1, 0.15) is 111 Å². The molecule has 0 nitrogen and oxygen atoms in total. The molecular weight excluding hydrogens is 398 g/mol. The van der Waals surface area contributed by atoms with E-state index in [0.29, 0.717) is 18.8 Å². The Hall–Kier alpha value is -1.70. The van der Waals surface area contributed by atoms with Gasteiger partial charge in [0.05, 0.1) is 0 Å². The number of halogens is 2. The third-order valence-electron chi connectivity index (χ3n) is 6.32. The molecule has 2 atom stereocenters. The lowest BCUT2D eigenvalue weighted by Crippen LogP contribution is -2.34. The van der Waals surface area contributed by atoms with Crippen molar-refractivity contribution in [2.45, 2.75) is 106 Å². The number of alkyl halides is 2. The van der Waals surface area contributed by atoms with E-state index in [-0.39, 0.29) is 24.2 Å². The Morgan fingerprint density at radius 3 is 2.03 bits per heavy atom. The number of allylic oxidation sites excluding steroid dienone is 3. The molecule has 1 aliphatic carbocycles. The van der Waals surface area contributed by atoms with Gasteiger partial charge in [-0.05, 0) is 53.2 Å². The Labute approximate surface area is 198 Å². The van der Waals surface area contributed by atoms with Crippen LogP contribution in [-0.4, -0.2) is 5.92 Å². The van der Waals surface area contributed by atoms with E-state index in [1.165, 1.54) is 29.5 Å². The zero-order chi connectivity index (χ0) is 25.4. The van der Waals surface area contributed by atoms with E-state index in [9.17, 15) is 8.78 Å². The molecule has 1 fully saturated rings. The second-order valence-electron chi connectivity index (χ2n) is 8.45. The fourth-order valence-corrected chi connectivity index (χ4v) is 4.14. The van der Waals surface area contributed by atoms with Crippen LogP contribution in [-0.2, 0) is 0 Å². The highest BCUT2D eigenvalue weighted by Crippen LogP contribution is 2.50. The van der Waals surface area contributed by atoms with Crippen LogP contribution in [0.3, 0.4) is 0 Å². The molecule has 0 bridgehead atoms. The minimum absolute atomic E-state index is 0.0138. The van der Waals surface area contributed by atoms with Crippen LogP contribution < -0.4 is 0 Å². The Bertz CT molecular complexity index is 647. The van der Waals surface area contributed by atoms with Crippen molar-refractivity contribution in [2.24, 2.45) is 11.3 Å². The molecule has 0 aromatic heterocycles. The molecule has 1 aliphatic rings. The molecule has 0 heterocycles. The van der Waals surface area contributed by atoms with Crippen molar-refractivity contribution in [1.29, 1.82) is 0 Å². The van der Waals surface area contributed by atoms with Crippen molar-refractivity contribution >= 4 is 5.57 Å². The maximum absolute atomic E-state index is 13.6. The number of benzene rings is 1. The first-order valence-electron chi connectivity index (χ1n) is 12.5. The smallest absolute Gasteiger partial charge is 0.207 e. The molecule has 0 N–H and O–H groups in total. The second-order valence-corrected chi connectivity index (χ2v) is 8.45. The van der Waals surface area contributed by atoms with Crippen molar-refractivity contribution in [3.8, 4) is 0 Å². The van der Waals surface area contributed by atoms with Gasteiger partial charge in [0.2, 0.25) is 5.92 Å². The molecule has 32 heavy (non-hydrogen) atoms. The fraction of sp³-hybridized carbons (Fsp3) is 0.600. The van der Waals surface area contributed by atoms with Gasteiger partial charge in [-0.3, -0.25) is 0 Å². The molecule has 2 rings (SSSR count). The van der Waals surface area contributed by atoms with Crippen LogP contribution in [0.2, 0.25) is 0 Å². The van der Waals surface area contributed by atoms with Gasteiger partial charge in [0.25, 0.3) is 0 Å². The van der Waals surface area contributed by atoms with Gasteiger partial charge >= 0.3 is 0 Å². The minimum atomic E-state index is -2.48. The largest absolute Gasteiger partial charge is 0.248 e. The summed E-state index contributed by atoms with van der Waals surface area (Å²) in [5.41, 5.74) is 3.52. The highest BCUT2D eigenvalue weighted by molar-refractivity contribution is 5.74. The minimum Gasteiger partial charge on any atom is -0.207 e.